The van der Waals surface area contributed by atoms with Crippen LogP contribution in [0, 0.1) is 5.92 Å². The van der Waals surface area contributed by atoms with Gasteiger partial charge in [0.05, 0.1) is 24.1 Å². The van der Waals surface area contributed by atoms with E-state index < -0.39 is 0 Å². The van der Waals surface area contributed by atoms with Crippen molar-refractivity contribution in [3.8, 4) is 0 Å². The van der Waals surface area contributed by atoms with Gasteiger partial charge in [-0.3, -0.25) is 15.0 Å². The van der Waals surface area contributed by atoms with E-state index in [0.29, 0.717) is 18.0 Å². The standard InChI is InChI=1S/C18H25N5O2/c24-18(15-10-19-23-17(15)13-6-7-25-11-13)20-16-9-14(21-22-16)8-12-4-2-1-3-5-12/h9-10,12-13H,1-8,11H2,(H,19,23)(H2,20,21,22,24). The molecular formula is C18H25N5O2. The number of nitrogens with zero attached hydrogens (tertiary/aromatic N) is 2. The maximum atomic E-state index is 12.6. The first-order valence-electron chi connectivity index (χ1n) is 9.26. The van der Waals surface area contributed by atoms with Crippen LogP contribution >= 0.6 is 0 Å². The van der Waals surface area contributed by atoms with Gasteiger partial charge in [-0.15, -0.1) is 0 Å². The largest absolute Gasteiger partial charge is 0.381 e. The van der Waals surface area contributed by atoms with Gasteiger partial charge in [0, 0.05) is 24.3 Å². The van der Waals surface area contributed by atoms with Crippen molar-refractivity contribution in [2.75, 3.05) is 18.5 Å². The quantitative estimate of drug-likeness (QED) is 0.777. The van der Waals surface area contributed by atoms with Gasteiger partial charge in [-0.25, -0.2) is 0 Å². The Labute approximate surface area is 146 Å². The van der Waals surface area contributed by atoms with E-state index in [0.717, 1.165) is 36.8 Å². The Morgan fingerprint density at radius 1 is 1.24 bits per heavy atom. The molecule has 2 aromatic heterocycles. The normalized spacial score (nSPS) is 21.5. The smallest absolute Gasteiger partial charge is 0.260 e. The molecule has 1 unspecified atom stereocenters. The molecule has 1 amide bonds. The van der Waals surface area contributed by atoms with Crippen molar-refractivity contribution in [2.45, 2.75) is 50.9 Å². The van der Waals surface area contributed by atoms with E-state index in [9.17, 15) is 4.79 Å². The van der Waals surface area contributed by atoms with Crippen LogP contribution in [0.3, 0.4) is 0 Å². The number of anilines is 1. The molecule has 3 N–H and O–H groups in total. The molecule has 4 rings (SSSR count). The van der Waals surface area contributed by atoms with Crippen LogP contribution in [0.4, 0.5) is 5.82 Å². The third-order valence-corrected chi connectivity index (χ3v) is 5.36. The Balaban J connectivity index is 1.39. The molecule has 25 heavy (non-hydrogen) atoms. The topological polar surface area (TPSA) is 95.7 Å². The highest BCUT2D eigenvalue weighted by atomic mass is 16.5. The third kappa shape index (κ3) is 3.76. The van der Waals surface area contributed by atoms with Crippen molar-refractivity contribution in [1.82, 2.24) is 20.4 Å². The molecule has 1 aliphatic heterocycles. The molecule has 7 heteroatoms. The number of H-pyrrole nitrogens is 2. The van der Waals surface area contributed by atoms with Crippen molar-refractivity contribution in [3.05, 3.63) is 29.2 Å². The summed E-state index contributed by atoms with van der Waals surface area (Å²) in [5, 5.41) is 17.2. The van der Waals surface area contributed by atoms with Crippen molar-refractivity contribution in [2.24, 2.45) is 5.92 Å². The molecular weight excluding hydrogens is 318 g/mol. The second-order valence-corrected chi connectivity index (χ2v) is 7.20. The molecule has 0 bridgehead atoms. The minimum absolute atomic E-state index is 0.175. The van der Waals surface area contributed by atoms with Crippen LogP contribution < -0.4 is 5.32 Å². The summed E-state index contributed by atoms with van der Waals surface area (Å²) in [6.07, 6.45) is 10.1. The van der Waals surface area contributed by atoms with Gasteiger partial charge >= 0.3 is 0 Å². The SMILES string of the molecule is O=C(Nc1cc(CC2CCCCC2)[nH]n1)c1cn[nH]c1C1CCOC1. The highest BCUT2D eigenvalue weighted by molar-refractivity contribution is 6.04. The van der Waals surface area contributed by atoms with Gasteiger partial charge in [0.1, 0.15) is 0 Å². The lowest BCUT2D eigenvalue weighted by atomic mass is 9.86. The zero-order valence-electron chi connectivity index (χ0n) is 14.4. The average Bonchev–Trinajstić information content (AvgIpc) is 3.37. The minimum Gasteiger partial charge on any atom is -0.381 e. The second kappa shape index (κ2) is 7.39. The molecule has 2 fully saturated rings. The van der Waals surface area contributed by atoms with Gasteiger partial charge < -0.3 is 10.1 Å². The van der Waals surface area contributed by atoms with Crippen molar-refractivity contribution < 1.29 is 9.53 Å². The first-order chi connectivity index (χ1) is 12.3. The Bertz CT molecular complexity index is 711. The summed E-state index contributed by atoms with van der Waals surface area (Å²) in [4.78, 5) is 12.6. The van der Waals surface area contributed by atoms with Crippen LogP contribution in [0.2, 0.25) is 0 Å². The number of rotatable bonds is 5. The Hall–Kier alpha value is -2.15. The highest BCUT2D eigenvalue weighted by Gasteiger charge is 2.25. The van der Waals surface area contributed by atoms with Crippen LogP contribution in [-0.2, 0) is 11.2 Å². The maximum Gasteiger partial charge on any atom is 0.260 e. The summed E-state index contributed by atoms with van der Waals surface area (Å²) in [7, 11) is 0. The van der Waals surface area contributed by atoms with E-state index in [1.165, 1.54) is 32.1 Å². The molecule has 0 spiro atoms. The van der Waals surface area contributed by atoms with E-state index >= 15 is 0 Å². The summed E-state index contributed by atoms with van der Waals surface area (Å²) in [5.41, 5.74) is 2.53. The van der Waals surface area contributed by atoms with E-state index in [1.807, 2.05) is 6.07 Å². The number of nitrogens with one attached hydrogen (secondary N) is 3. The van der Waals surface area contributed by atoms with Gasteiger partial charge in [-0.05, 0) is 18.8 Å². The van der Waals surface area contributed by atoms with Crippen LogP contribution in [-0.4, -0.2) is 39.5 Å². The fourth-order valence-electron chi connectivity index (χ4n) is 3.97. The summed E-state index contributed by atoms with van der Waals surface area (Å²) >= 11 is 0. The summed E-state index contributed by atoms with van der Waals surface area (Å²) < 4.78 is 5.41. The third-order valence-electron chi connectivity index (χ3n) is 5.36. The van der Waals surface area contributed by atoms with Gasteiger partial charge in [0.25, 0.3) is 5.91 Å². The average molecular weight is 343 g/mol. The molecule has 1 saturated heterocycles. The van der Waals surface area contributed by atoms with Crippen LogP contribution in [0.15, 0.2) is 12.3 Å². The predicted molar refractivity (Wildman–Crippen MR) is 93.6 cm³/mol. The van der Waals surface area contributed by atoms with Crippen molar-refractivity contribution in [1.29, 1.82) is 0 Å². The zero-order valence-corrected chi connectivity index (χ0v) is 14.4. The van der Waals surface area contributed by atoms with E-state index in [4.69, 9.17) is 4.74 Å². The Kier molecular flexibility index (Phi) is 4.83. The Morgan fingerprint density at radius 3 is 2.92 bits per heavy atom. The molecule has 3 heterocycles. The molecule has 7 nitrogen and oxygen atoms in total. The second-order valence-electron chi connectivity index (χ2n) is 7.20. The molecule has 2 aromatic rings. The first kappa shape index (κ1) is 16.3. The molecule has 1 aliphatic carbocycles. The lowest BCUT2D eigenvalue weighted by Crippen LogP contribution is -2.15. The number of carbonyl (C=O) groups is 1. The van der Waals surface area contributed by atoms with Crippen molar-refractivity contribution >= 4 is 11.7 Å². The Morgan fingerprint density at radius 2 is 2.12 bits per heavy atom. The number of carbonyl (C=O) groups excluding carboxylic acids is 1. The number of amides is 1. The van der Waals surface area contributed by atoms with Gasteiger partial charge in [0.15, 0.2) is 5.82 Å². The van der Waals surface area contributed by atoms with Crippen LogP contribution in [0.1, 0.15) is 66.2 Å². The lowest BCUT2D eigenvalue weighted by Gasteiger charge is -2.20. The lowest BCUT2D eigenvalue weighted by molar-refractivity contribution is 0.102. The maximum absolute atomic E-state index is 12.6. The predicted octanol–water partition coefficient (Wildman–Crippen LogP) is 3.01. The molecule has 134 valence electrons. The molecule has 1 saturated carbocycles. The summed E-state index contributed by atoms with van der Waals surface area (Å²) in [6.45, 7) is 1.37. The van der Waals surface area contributed by atoms with Gasteiger partial charge in [0.2, 0.25) is 0 Å². The minimum atomic E-state index is -0.175. The monoisotopic (exact) mass is 343 g/mol. The number of ether oxygens (including phenoxy) is 1. The molecule has 0 radical (unpaired) electrons. The van der Waals surface area contributed by atoms with Crippen molar-refractivity contribution in [3.63, 3.8) is 0 Å². The van der Waals surface area contributed by atoms with Crippen LogP contribution in [0.25, 0.3) is 0 Å². The zero-order chi connectivity index (χ0) is 17.1. The number of aromatic amines is 2. The number of hydrogen-bond acceptors (Lipinski definition) is 4. The van der Waals surface area contributed by atoms with E-state index in [2.05, 4.69) is 25.7 Å². The van der Waals surface area contributed by atoms with Crippen LogP contribution in [0.5, 0.6) is 0 Å². The van der Waals surface area contributed by atoms with Gasteiger partial charge in [-0.1, -0.05) is 32.1 Å². The number of hydrogen-bond donors (Lipinski definition) is 3. The van der Waals surface area contributed by atoms with E-state index in [-0.39, 0.29) is 11.8 Å². The highest BCUT2D eigenvalue weighted by Crippen LogP contribution is 2.28. The first-order valence-corrected chi connectivity index (χ1v) is 9.26. The van der Waals surface area contributed by atoms with E-state index in [1.54, 1.807) is 6.20 Å². The number of aromatic nitrogens is 4. The molecule has 1 atom stereocenters. The fourth-order valence-corrected chi connectivity index (χ4v) is 3.97. The molecule has 0 aromatic carbocycles. The summed E-state index contributed by atoms with van der Waals surface area (Å²) in [5.74, 6) is 1.35. The fraction of sp³-hybridized carbons (Fsp3) is 0.611. The summed E-state index contributed by atoms with van der Waals surface area (Å²) in [6, 6.07) is 1.95. The van der Waals surface area contributed by atoms with Gasteiger partial charge in [-0.2, -0.15) is 10.2 Å². The molecule has 2 aliphatic rings.